The minimum atomic E-state index is -1.13. The zero-order chi connectivity index (χ0) is 10.0. The fraction of sp³-hybridized carbons (Fsp3) is 0.300. The summed E-state index contributed by atoms with van der Waals surface area (Å²) in [5.41, 5.74) is 1.98. The Morgan fingerprint density at radius 2 is 2.15 bits per heavy atom. The molecule has 0 saturated heterocycles. The molecule has 0 fully saturated rings. The molecule has 0 N–H and O–H groups in total. The van der Waals surface area contributed by atoms with Gasteiger partial charge in [-0.05, 0) is 40.4 Å². The van der Waals surface area contributed by atoms with Gasteiger partial charge >= 0.3 is 0 Å². The fourth-order valence-corrected chi connectivity index (χ4v) is 2.13. The predicted octanol–water partition coefficient (Wildman–Crippen LogP) is 1.68. The van der Waals surface area contributed by atoms with Crippen molar-refractivity contribution in [1.82, 2.24) is 0 Å². The fourth-order valence-electron chi connectivity index (χ4n) is 1.24. The van der Waals surface area contributed by atoms with Gasteiger partial charge in [0.1, 0.15) is 0 Å². The lowest BCUT2D eigenvalue weighted by atomic mass is 10.0. The van der Waals surface area contributed by atoms with Crippen LogP contribution in [0.4, 0.5) is 0 Å². The van der Waals surface area contributed by atoms with Gasteiger partial charge in [0, 0.05) is 10.0 Å². The van der Waals surface area contributed by atoms with Crippen molar-refractivity contribution in [3.63, 3.8) is 0 Å². The highest BCUT2D eigenvalue weighted by Gasteiger charge is 2.07. The number of hydrogen-bond acceptors (Lipinski definition) is 2. The highest BCUT2D eigenvalue weighted by atomic mass is 79.9. The first-order chi connectivity index (χ1) is 6.07. The number of aryl methyl sites for hydroxylation is 2. The molecule has 0 radical (unpaired) electrons. The van der Waals surface area contributed by atoms with Crippen molar-refractivity contribution in [2.45, 2.75) is 20.3 Å². The summed E-state index contributed by atoms with van der Waals surface area (Å²) in [6.45, 7) is 3.74. The zero-order valence-electron chi connectivity index (χ0n) is 7.56. The van der Waals surface area contributed by atoms with E-state index in [1.54, 1.807) is 13.0 Å². The number of carboxylic acids is 1. The maximum Gasteiger partial charge on any atom is 0.0729 e. The molecule has 0 amide bonds. The lowest BCUT2D eigenvalue weighted by Gasteiger charge is -2.12. The summed E-state index contributed by atoms with van der Waals surface area (Å²) >= 11 is 3.27. The van der Waals surface area contributed by atoms with Crippen LogP contribution >= 0.6 is 15.9 Å². The molecule has 0 saturated carbocycles. The molecule has 1 rings (SSSR count). The number of benzene rings is 1. The van der Waals surface area contributed by atoms with Gasteiger partial charge < -0.3 is 9.90 Å². The van der Waals surface area contributed by atoms with Crippen molar-refractivity contribution in [3.8, 4) is 0 Å². The molecule has 0 spiro atoms. The van der Waals surface area contributed by atoms with Crippen LogP contribution in [0.2, 0.25) is 0 Å². The molecule has 0 aliphatic rings. The van der Waals surface area contributed by atoms with Crippen molar-refractivity contribution in [1.29, 1.82) is 0 Å². The third kappa shape index (κ3) is 1.91. The Bertz CT molecular complexity index is 345. The van der Waals surface area contributed by atoms with E-state index in [4.69, 9.17) is 0 Å². The van der Waals surface area contributed by atoms with Crippen molar-refractivity contribution < 1.29 is 9.90 Å². The minimum absolute atomic E-state index is 0.263. The van der Waals surface area contributed by atoms with Crippen molar-refractivity contribution in [2.24, 2.45) is 0 Å². The van der Waals surface area contributed by atoms with Gasteiger partial charge in [-0.2, -0.15) is 0 Å². The summed E-state index contributed by atoms with van der Waals surface area (Å²) in [4.78, 5) is 10.8. The Hall–Kier alpha value is -0.830. The van der Waals surface area contributed by atoms with Crippen LogP contribution in [-0.4, -0.2) is 5.97 Å². The summed E-state index contributed by atoms with van der Waals surface area (Å²) in [7, 11) is 0. The Kier molecular flexibility index (Phi) is 3.09. The van der Waals surface area contributed by atoms with Gasteiger partial charge in [0.25, 0.3) is 0 Å². The number of aromatic carboxylic acids is 1. The third-order valence-corrected chi connectivity index (χ3v) is 2.92. The molecular formula is C10H10BrO2-. The average Bonchev–Trinajstić information content (AvgIpc) is 2.04. The molecule has 0 aliphatic heterocycles. The van der Waals surface area contributed by atoms with Crippen molar-refractivity contribution in [2.75, 3.05) is 0 Å². The predicted molar refractivity (Wildman–Crippen MR) is 52.6 cm³/mol. The highest BCUT2D eigenvalue weighted by Crippen LogP contribution is 2.24. The van der Waals surface area contributed by atoms with E-state index in [-0.39, 0.29) is 5.56 Å². The molecule has 1 aromatic carbocycles. The van der Waals surface area contributed by atoms with E-state index in [1.165, 1.54) is 0 Å². The van der Waals surface area contributed by atoms with Gasteiger partial charge in [0.15, 0.2) is 0 Å². The SMILES string of the molecule is CCc1ccc(C)c(C(=O)[O-])c1Br. The maximum absolute atomic E-state index is 10.8. The van der Waals surface area contributed by atoms with Gasteiger partial charge in [0.05, 0.1) is 5.97 Å². The summed E-state index contributed by atoms with van der Waals surface area (Å²) < 4.78 is 0.648. The highest BCUT2D eigenvalue weighted by molar-refractivity contribution is 9.10. The maximum atomic E-state index is 10.8. The smallest absolute Gasteiger partial charge is 0.0729 e. The summed E-state index contributed by atoms with van der Waals surface area (Å²) in [5.74, 6) is -1.13. The van der Waals surface area contributed by atoms with Gasteiger partial charge in [0.2, 0.25) is 0 Å². The van der Waals surface area contributed by atoms with Crippen molar-refractivity contribution >= 4 is 21.9 Å². The van der Waals surface area contributed by atoms with E-state index in [2.05, 4.69) is 15.9 Å². The molecule has 13 heavy (non-hydrogen) atoms. The molecule has 70 valence electrons. The molecule has 0 aromatic heterocycles. The van der Waals surface area contributed by atoms with Crippen molar-refractivity contribution in [3.05, 3.63) is 33.3 Å². The van der Waals surface area contributed by atoms with E-state index in [1.807, 2.05) is 13.0 Å². The van der Waals surface area contributed by atoms with Crippen LogP contribution in [0.15, 0.2) is 16.6 Å². The monoisotopic (exact) mass is 241 g/mol. The summed E-state index contributed by atoms with van der Waals surface area (Å²) in [6.07, 6.45) is 0.807. The average molecular weight is 242 g/mol. The summed E-state index contributed by atoms with van der Waals surface area (Å²) in [5, 5.41) is 10.8. The molecule has 0 unspecified atom stereocenters. The van der Waals surface area contributed by atoms with E-state index in [0.29, 0.717) is 4.47 Å². The van der Waals surface area contributed by atoms with E-state index < -0.39 is 5.97 Å². The van der Waals surface area contributed by atoms with Crippen LogP contribution in [0.1, 0.15) is 28.4 Å². The molecule has 0 aliphatic carbocycles. The lowest BCUT2D eigenvalue weighted by molar-refractivity contribution is -0.255. The Labute approximate surface area is 85.7 Å². The number of carbonyl (C=O) groups is 1. The van der Waals surface area contributed by atoms with Crippen LogP contribution in [0.25, 0.3) is 0 Å². The molecule has 0 heterocycles. The standard InChI is InChI=1S/C10H11BrO2/c1-3-7-5-4-6(2)8(9(7)11)10(12)13/h4-5H,3H2,1-2H3,(H,12,13)/p-1. The van der Waals surface area contributed by atoms with E-state index in [9.17, 15) is 9.90 Å². The molecule has 0 bridgehead atoms. The second-order valence-corrected chi connectivity index (χ2v) is 3.66. The lowest BCUT2D eigenvalue weighted by Crippen LogP contribution is -2.24. The minimum Gasteiger partial charge on any atom is -0.545 e. The number of carbonyl (C=O) groups excluding carboxylic acids is 1. The van der Waals surface area contributed by atoms with Crippen LogP contribution in [-0.2, 0) is 6.42 Å². The zero-order valence-corrected chi connectivity index (χ0v) is 9.14. The van der Waals surface area contributed by atoms with Crippen LogP contribution < -0.4 is 5.11 Å². The van der Waals surface area contributed by atoms with Crippen LogP contribution in [0.3, 0.4) is 0 Å². The second kappa shape index (κ2) is 3.92. The Balaban J connectivity index is 3.38. The largest absolute Gasteiger partial charge is 0.545 e. The Morgan fingerprint density at radius 1 is 1.54 bits per heavy atom. The second-order valence-electron chi connectivity index (χ2n) is 2.87. The quantitative estimate of drug-likeness (QED) is 0.791. The van der Waals surface area contributed by atoms with E-state index >= 15 is 0 Å². The molecule has 3 heteroatoms. The Morgan fingerprint density at radius 3 is 2.62 bits per heavy atom. The molecule has 0 atom stereocenters. The third-order valence-electron chi connectivity index (χ3n) is 2.02. The van der Waals surface area contributed by atoms with Crippen LogP contribution in [0.5, 0.6) is 0 Å². The molecule has 1 aromatic rings. The first-order valence-corrected chi connectivity index (χ1v) is 4.86. The number of hydrogen-bond donors (Lipinski definition) is 0. The first kappa shape index (κ1) is 10.3. The number of rotatable bonds is 2. The van der Waals surface area contributed by atoms with E-state index in [0.717, 1.165) is 17.5 Å². The normalized spacial score (nSPS) is 10.1. The van der Waals surface area contributed by atoms with Gasteiger partial charge in [-0.25, -0.2) is 0 Å². The first-order valence-electron chi connectivity index (χ1n) is 4.07. The molecule has 2 nitrogen and oxygen atoms in total. The molecular weight excluding hydrogens is 232 g/mol. The number of carboxylic acid groups (broad SMARTS) is 1. The van der Waals surface area contributed by atoms with Gasteiger partial charge in [-0.1, -0.05) is 19.1 Å². The van der Waals surface area contributed by atoms with Crippen LogP contribution in [0, 0.1) is 6.92 Å². The topological polar surface area (TPSA) is 40.1 Å². The van der Waals surface area contributed by atoms with Gasteiger partial charge in [-0.15, -0.1) is 0 Å². The number of halogens is 1. The van der Waals surface area contributed by atoms with Gasteiger partial charge in [-0.3, -0.25) is 0 Å². The summed E-state index contributed by atoms with van der Waals surface area (Å²) in [6, 6.07) is 3.72.